The van der Waals surface area contributed by atoms with E-state index in [-0.39, 0.29) is 0 Å². The quantitative estimate of drug-likeness (QED) is 0.830. The predicted octanol–water partition coefficient (Wildman–Crippen LogP) is 1.54. The first-order valence-corrected chi connectivity index (χ1v) is 10.4. The van der Waals surface area contributed by atoms with Gasteiger partial charge in [0.1, 0.15) is 0 Å². The van der Waals surface area contributed by atoms with Crippen LogP contribution in [0.5, 0.6) is 0 Å². The zero-order chi connectivity index (χ0) is 18.1. The fourth-order valence-corrected chi connectivity index (χ4v) is 4.82. The van der Waals surface area contributed by atoms with Gasteiger partial charge in [0.15, 0.2) is 0 Å². The van der Waals surface area contributed by atoms with Crippen molar-refractivity contribution in [2.24, 2.45) is 0 Å². The number of hydrogen-bond acceptors (Lipinski definition) is 6. The van der Waals surface area contributed by atoms with Gasteiger partial charge >= 0.3 is 0 Å². The number of nitrogens with one attached hydrogen (secondary N) is 2. The molecule has 1 aromatic heterocycles. The van der Waals surface area contributed by atoms with E-state index in [1.807, 2.05) is 0 Å². The van der Waals surface area contributed by atoms with Crippen molar-refractivity contribution in [3.63, 3.8) is 0 Å². The van der Waals surface area contributed by atoms with E-state index in [0.717, 1.165) is 31.9 Å². The van der Waals surface area contributed by atoms with E-state index in [1.54, 1.807) is 0 Å². The summed E-state index contributed by atoms with van der Waals surface area (Å²) in [5, 5.41) is 8.94. The summed E-state index contributed by atoms with van der Waals surface area (Å²) in [6.45, 7) is 12.5. The third kappa shape index (κ3) is 4.11. The molecule has 0 bridgehead atoms. The normalized spacial score (nSPS) is 31.0. The minimum atomic E-state index is 0.301. The monoisotopic (exact) mass is 361 g/mol. The van der Waals surface area contributed by atoms with Crippen LogP contribution in [-0.2, 0) is 6.54 Å². The topological polar surface area (TPSA) is 61.2 Å². The maximum Gasteiger partial charge on any atom is 0.0967 e. The summed E-state index contributed by atoms with van der Waals surface area (Å²) in [6, 6.07) is 1.68. The summed E-state index contributed by atoms with van der Waals surface area (Å²) >= 11 is 0. The highest BCUT2D eigenvalue weighted by molar-refractivity contribution is 4.98. The lowest BCUT2D eigenvalue weighted by Crippen LogP contribution is -2.44. The maximum absolute atomic E-state index is 4.47. The van der Waals surface area contributed by atoms with Crippen molar-refractivity contribution < 1.29 is 0 Å². The summed E-state index contributed by atoms with van der Waals surface area (Å²) in [5.41, 5.74) is 8.17. The number of aromatic nitrogens is 3. The third-order valence-corrected chi connectivity index (χ3v) is 6.57. The fourth-order valence-electron chi connectivity index (χ4n) is 4.82. The van der Waals surface area contributed by atoms with E-state index < -0.39 is 0 Å². The van der Waals surface area contributed by atoms with Crippen molar-refractivity contribution in [3.05, 3.63) is 11.9 Å². The molecule has 1 aromatic rings. The minimum Gasteiger partial charge on any atom is -0.302 e. The van der Waals surface area contributed by atoms with Crippen LogP contribution in [0.4, 0.5) is 0 Å². The lowest BCUT2D eigenvalue weighted by atomic mass is 10.0. The third-order valence-electron chi connectivity index (χ3n) is 6.57. The van der Waals surface area contributed by atoms with Crippen LogP contribution in [0.1, 0.15) is 64.6 Å². The molecule has 0 saturated carbocycles. The van der Waals surface area contributed by atoms with Crippen molar-refractivity contribution in [3.8, 4) is 0 Å². The molecule has 7 nitrogen and oxygen atoms in total. The van der Waals surface area contributed by atoms with Gasteiger partial charge in [-0.25, -0.2) is 4.68 Å². The molecule has 146 valence electrons. The Morgan fingerprint density at radius 3 is 2.65 bits per heavy atom. The van der Waals surface area contributed by atoms with E-state index in [0.29, 0.717) is 23.7 Å². The Bertz CT molecular complexity index is 590. The zero-order valence-electron chi connectivity index (χ0n) is 16.6. The summed E-state index contributed by atoms with van der Waals surface area (Å²) in [6.07, 6.45) is 8.34. The highest BCUT2D eigenvalue weighted by Gasteiger charge is 2.32. The Morgan fingerprint density at radius 1 is 1.19 bits per heavy atom. The van der Waals surface area contributed by atoms with Crippen LogP contribution in [0.2, 0.25) is 0 Å². The molecule has 0 spiro atoms. The van der Waals surface area contributed by atoms with Crippen molar-refractivity contribution in [1.82, 2.24) is 35.6 Å². The molecule has 26 heavy (non-hydrogen) atoms. The summed E-state index contributed by atoms with van der Waals surface area (Å²) < 4.78 is 2.13. The molecule has 0 aliphatic carbocycles. The van der Waals surface area contributed by atoms with Crippen LogP contribution < -0.4 is 10.9 Å². The zero-order valence-corrected chi connectivity index (χ0v) is 16.6. The second-order valence-corrected chi connectivity index (χ2v) is 9.18. The summed E-state index contributed by atoms with van der Waals surface area (Å²) in [4.78, 5) is 5.14. The van der Waals surface area contributed by atoms with Gasteiger partial charge in [-0.1, -0.05) is 5.21 Å². The second-order valence-electron chi connectivity index (χ2n) is 9.18. The molecular formula is C19H35N7. The fraction of sp³-hybridized carbons (Fsp3) is 0.895. The second kappa shape index (κ2) is 7.54. The number of rotatable bonds is 5. The van der Waals surface area contributed by atoms with Crippen LogP contribution in [0.15, 0.2) is 6.20 Å². The number of hydrazine groups is 1. The molecule has 0 amide bonds. The number of hydrogen-bond donors (Lipinski definition) is 2. The van der Waals surface area contributed by atoms with E-state index >= 15 is 0 Å². The van der Waals surface area contributed by atoms with Gasteiger partial charge in [-0.3, -0.25) is 15.8 Å². The molecule has 0 aromatic carbocycles. The van der Waals surface area contributed by atoms with Crippen LogP contribution in [-0.4, -0.2) is 68.6 Å². The van der Waals surface area contributed by atoms with Gasteiger partial charge in [0, 0.05) is 43.8 Å². The molecule has 3 aliphatic rings. The average molecular weight is 362 g/mol. The van der Waals surface area contributed by atoms with Crippen LogP contribution in [0, 0.1) is 0 Å². The standard InChI is InChI=1S/C19H35N7/c1-15-11-16(21-20-15)12-24-9-5-18(6-10-24)26-14-17(22-23-26)13-25-8-4-7-19(25,2)3/h14-16,18,20-21H,4-13H2,1-3H3. The van der Waals surface area contributed by atoms with Gasteiger partial charge in [0.2, 0.25) is 0 Å². The van der Waals surface area contributed by atoms with Crippen LogP contribution in [0.25, 0.3) is 0 Å². The lowest BCUT2D eigenvalue weighted by Gasteiger charge is -2.33. The molecule has 2 unspecified atom stereocenters. The highest BCUT2D eigenvalue weighted by atomic mass is 15.4. The largest absolute Gasteiger partial charge is 0.302 e. The molecule has 0 radical (unpaired) electrons. The molecule has 4 heterocycles. The summed E-state index contributed by atoms with van der Waals surface area (Å²) in [5.74, 6) is 0. The molecule has 2 N–H and O–H groups in total. The van der Waals surface area contributed by atoms with Crippen molar-refractivity contribution in [1.29, 1.82) is 0 Å². The first kappa shape index (κ1) is 18.3. The van der Waals surface area contributed by atoms with Gasteiger partial charge in [0.25, 0.3) is 0 Å². The smallest absolute Gasteiger partial charge is 0.0967 e. The van der Waals surface area contributed by atoms with Gasteiger partial charge in [-0.05, 0) is 59.4 Å². The Balaban J connectivity index is 1.26. The maximum atomic E-state index is 4.47. The number of likely N-dealkylation sites (tertiary alicyclic amines) is 2. The highest BCUT2D eigenvalue weighted by Crippen LogP contribution is 2.29. The number of piperidine rings is 1. The van der Waals surface area contributed by atoms with Crippen LogP contribution in [0.3, 0.4) is 0 Å². The SMILES string of the molecule is CC1CC(CN2CCC(n3cc(CN4CCCC4(C)C)nn3)CC2)NN1. The first-order valence-electron chi connectivity index (χ1n) is 10.4. The van der Waals surface area contributed by atoms with Crippen molar-refractivity contribution in [2.75, 3.05) is 26.2 Å². The molecule has 3 saturated heterocycles. The molecule has 2 atom stereocenters. The van der Waals surface area contributed by atoms with E-state index in [9.17, 15) is 0 Å². The molecule has 3 aliphatic heterocycles. The Kier molecular flexibility index (Phi) is 5.32. The van der Waals surface area contributed by atoms with Gasteiger partial charge in [-0.15, -0.1) is 5.10 Å². The molecule has 3 fully saturated rings. The Labute approximate surface area is 157 Å². The van der Waals surface area contributed by atoms with E-state index in [2.05, 4.69) is 62.6 Å². The molecule has 4 rings (SSSR count). The molecular weight excluding hydrogens is 326 g/mol. The molecule has 7 heteroatoms. The van der Waals surface area contributed by atoms with Crippen LogP contribution >= 0.6 is 0 Å². The van der Waals surface area contributed by atoms with Crippen molar-refractivity contribution >= 4 is 0 Å². The van der Waals surface area contributed by atoms with E-state index in [4.69, 9.17) is 0 Å². The van der Waals surface area contributed by atoms with Gasteiger partial charge in [0.05, 0.1) is 17.9 Å². The number of nitrogens with zero attached hydrogens (tertiary/aromatic N) is 5. The predicted molar refractivity (Wildman–Crippen MR) is 103 cm³/mol. The van der Waals surface area contributed by atoms with Gasteiger partial charge in [-0.2, -0.15) is 0 Å². The van der Waals surface area contributed by atoms with Gasteiger partial charge < -0.3 is 4.90 Å². The Morgan fingerprint density at radius 2 is 2.00 bits per heavy atom. The lowest BCUT2D eigenvalue weighted by molar-refractivity contribution is 0.163. The Hall–Kier alpha value is -1.02. The minimum absolute atomic E-state index is 0.301. The van der Waals surface area contributed by atoms with Crippen molar-refractivity contribution in [2.45, 2.75) is 83.1 Å². The first-order chi connectivity index (χ1) is 12.5. The van der Waals surface area contributed by atoms with E-state index in [1.165, 1.54) is 38.6 Å². The average Bonchev–Trinajstić information content (AvgIpc) is 3.31. The summed E-state index contributed by atoms with van der Waals surface area (Å²) in [7, 11) is 0.